The van der Waals surface area contributed by atoms with E-state index in [4.69, 9.17) is 0 Å². The van der Waals surface area contributed by atoms with Crippen LogP contribution in [-0.2, 0) is 5.41 Å². The molecule has 0 bridgehead atoms. The summed E-state index contributed by atoms with van der Waals surface area (Å²) in [5.41, 5.74) is 4.03. The van der Waals surface area contributed by atoms with E-state index in [2.05, 4.69) is 60.7 Å². The smallest absolute Gasteiger partial charge is 0.0459 e. The molecule has 0 amide bonds. The van der Waals surface area contributed by atoms with Crippen LogP contribution in [-0.4, -0.2) is 25.2 Å². The fourth-order valence-electron chi connectivity index (χ4n) is 2.74. The Morgan fingerprint density at radius 1 is 1.22 bits per heavy atom. The minimum absolute atomic E-state index is 0.112. The number of aromatic amines is 1. The lowest BCUT2D eigenvalue weighted by atomic mass is 9.82. The number of nitrogens with one attached hydrogen (secondary N) is 3. The molecule has 1 aromatic heterocycles. The Bertz CT molecular complexity index is 526. The van der Waals surface area contributed by atoms with Crippen LogP contribution >= 0.6 is 0 Å². The Labute approximate surface area is 109 Å². The third-order valence-corrected chi connectivity index (χ3v) is 3.44. The highest BCUT2D eigenvalue weighted by Gasteiger charge is 2.25. The van der Waals surface area contributed by atoms with E-state index >= 15 is 0 Å². The van der Waals surface area contributed by atoms with Gasteiger partial charge in [-0.25, -0.2) is 0 Å². The van der Waals surface area contributed by atoms with E-state index in [0.29, 0.717) is 0 Å². The maximum absolute atomic E-state index is 3.48. The van der Waals surface area contributed by atoms with Crippen LogP contribution in [0.5, 0.6) is 0 Å². The van der Waals surface area contributed by atoms with Gasteiger partial charge >= 0.3 is 0 Å². The number of rotatable bonds is 5. The van der Waals surface area contributed by atoms with Gasteiger partial charge in [0.25, 0.3) is 0 Å². The zero-order valence-electron chi connectivity index (χ0n) is 11.7. The van der Waals surface area contributed by atoms with Crippen LogP contribution in [0, 0.1) is 6.92 Å². The van der Waals surface area contributed by atoms with Crippen molar-refractivity contribution < 1.29 is 0 Å². The standard InChI is InChI=1S/C15H23N3/c1-11-14(15(2,3)9-17-10-16-4)12-7-5-6-8-13(12)18-11/h5-8,16-18H,9-10H2,1-4H3. The highest BCUT2D eigenvalue weighted by molar-refractivity contribution is 5.85. The van der Waals surface area contributed by atoms with E-state index in [1.807, 2.05) is 7.05 Å². The fourth-order valence-corrected chi connectivity index (χ4v) is 2.74. The summed E-state index contributed by atoms with van der Waals surface area (Å²) in [6.07, 6.45) is 0. The molecule has 2 rings (SSSR count). The molecule has 0 aliphatic rings. The van der Waals surface area contributed by atoms with Crippen molar-refractivity contribution in [1.82, 2.24) is 15.6 Å². The maximum Gasteiger partial charge on any atom is 0.0459 e. The summed E-state index contributed by atoms with van der Waals surface area (Å²) in [6.45, 7) is 8.53. The number of aromatic nitrogens is 1. The molecule has 0 spiro atoms. The van der Waals surface area contributed by atoms with Crippen molar-refractivity contribution in [3.05, 3.63) is 35.5 Å². The lowest BCUT2D eigenvalue weighted by molar-refractivity contribution is 0.461. The van der Waals surface area contributed by atoms with Crippen molar-refractivity contribution in [2.24, 2.45) is 0 Å². The summed E-state index contributed by atoms with van der Waals surface area (Å²) in [7, 11) is 1.96. The van der Waals surface area contributed by atoms with Gasteiger partial charge in [0.15, 0.2) is 0 Å². The number of aryl methyl sites for hydroxylation is 1. The molecule has 18 heavy (non-hydrogen) atoms. The summed E-state index contributed by atoms with van der Waals surface area (Å²) < 4.78 is 0. The van der Waals surface area contributed by atoms with Crippen LogP contribution in [0.25, 0.3) is 10.9 Å². The molecule has 3 N–H and O–H groups in total. The third kappa shape index (κ3) is 2.42. The number of fused-ring (bicyclic) bond motifs is 1. The molecule has 3 heteroatoms. The van der Waals surface area contributed by atoms with E-state index in [1.54, 1.807) is 0 Å². The lowest BCUT2D eigenvalue weighted by Gasteiger charge is -2.26. The van der Waals surface area contributed by atoms with Crippen molar-refractivity contribution in [2.45, 2.75) is 26.2 Å². The first kappa shape index (κ1) is 13.1. The molecule has 0 radical (unpaired) electrons. The van der Waals surface area contributed by atoms with Gasteiger partial charge in [-0.3, -0.25) is 0 Å². The zero-order valence-corrected chi connectivity index (χ0v) is 11.7. The molecular formula is C15H23N3. The highest BCUT2D eigenvalue weighted by atomic mass is 15.0. The molecule has 0 saturated heterocycles. The summed E-state index contributed by atoms with van der Waals surface area (Å²) in [4.78, 5) is 3.48. The first-order valence-electron chi connectivity index (χ1n) is 6.49. The lowest BCUT2D eigenvalue weighted by Crippen LogP contribution is -2.37. The van der Waals surface area contributed by atoms with Crippen molar-refractivity contribution in [2.75, 3.05) is 20.3 Å². The fraction of sp³-hybridized carbons (Fsp3) is 0.467. The van der Waals surface area contributed by atoms with Gasteiger partial charge in [-0.1, -0.05) is 32.0 Å². The Balaban J connectivity index is 2.36. The van der Waals surface area contributed by atoms with E-state index in [9.17, 15) is 0 Å². The second kappa shape index (κ2) is 5.12. The third-order valence-electron chi connectivity index (χ3n) is 3.44. The van der Waals surface area contributed by atoms with Gasteiger partial charge in [-0.15, -0.1) is 0 Å². The van der Waals surface area contributed by atoms with E-state index in [1.165, 1.54) is 22.2 Å². The van der Waals surface area contributed by atoms with Crippen LogP contribution in [0.2, 0.25) is 0 Å². The number of benzene rings is 1. The molecule has 3 nitrogen and oxygen atoms in total. The van der Waals surface area contributed by atoms with Crippen molar-refractivity contribution in [1.29, 1.82) is 0 Å². The first-order chi connectivity index (χ1) is 8.56. The minimum Gasteiger partial charge on any atom is -0.358 e. The van der Waals surface area contributed by atoms with E-state index in [-0.39, 0.29) is 5.41 Å². The quantitative estimate of drug-likeness (QED) is 0.559. The molecule has 0 saturated carbocycles. The molecule has 0 aliphatic heterocycles. The van der Waals surface area contributed by atoms with E-state index < -0.39 is 0 Å². The van der Waals surface area contributed by atoms with Gasteiger partial charge in [0.2, 0.25) is 0 Å². The Kier molecular flexibility index (Phi) is 3.73. The van der Waals surface area contributed by atoms with Crippen molar-refractivity contribution in [3.8, 4) is 0 Å². The Hall–Kier alpha value is -1.32. The van der Waals surface area contributed by atoms with Crippen LogP contribution in [0.15, 0.2) is 24.3 Å². The average molecular weight is 245 g/mol. The molecule has 1 heterocycles. The predicted molar refractivity (Wildman–Crippen MR) is 78.0 cm³/mol. The van der Waals surface area contributed by atoms with Crippen molar-refractivity contribution in [3.63, 3.8) is 0 Å². The number of hydrogen-bond donors (Lipinski definition) is 3. The monoisotopic (exact) mass is 245 g/mol. The Morgan fingerprint density at radius 2 is 1.94 bits per heavy atom. The molecule has 0 unspecified atom stereocenters. The Morgan fingerprint density at radius 3 is 2.67 bits per heavy atom. The second-order valence-electron chi connectivity index (χ2n) is 5.51. The summed E-state index contributed by atoms with van der Waals surface area (Å²) in [5, 5.41) is 7.89. The van der Waals surface area contributed by atoms with Gasteiger partial charge in [-0.2, -0.15) is 0 Å². The molecule has 0 aliphatic carbocycles. The first-order valence-corrected chi connectivity index (χ1v) is 6.49. The SMILES string of the molecule is CNCNCC(C)(C)c1c(C)[nH]c2ccccc12. The molecule has 98 valence electrons. The predicted octanol–water partition coefficient (Wildman–Crippen LogP) is 2.52. The zero-order chi connectivity index (χ0) is 13.2. The van der Waals surface area contributed by atoms with E-state index in [0.717, 1.165) is 13.2 Å². The van der Waals surface area contributed by atoms with Crippen LogP contribution < -0.4 is 10.6 Å². The van der Waals surface area contributed by atoms with Gasteiger partial charge in [0.05, 0.1) is 0 Å². The van der Waals surface area contributed by atoms with Gasteiger partial charge in [0, 0.05) is 35.2 Å². The van der Waals surface area contributed by atoms with Crippen LogP contribution in [0.3, 0.4) is 0 Å². The highest BCUT2D eigenvalue weighted by Crippen LogP contribution is 2.32. The number of para-hydroxylation sites is 1. The normalized spacial score (nSPS) is 12.2. The van der Waals surface area contributed by atoms with Gasteiger partial charge < -0.3 is 15.6 Å². The minimum atomic E-state index is 0.112. The summed E-state index contributed by atoms with van der Waals surface area (Å²) in [5.74, 6) is 0. The molecule has 1 aromatic carbocycles. The molecule has 0 atom stereocenters. The molecule has 2 aromatic rings. The number of hydrogen-bond acceptors (Lipinski definition) is 2. The largest absolute Gasteiger partial charge is 0.358 e. The van der Waals surface area contributed by atoms with Crippen molar-refractivity contribution >= 4 is 10.9 Å². The molecule has 0 fully saturated rings. The van der Waals surface area contributed by atoms with Crippen LogP contribution in [0.1, 0.15) is 25.1 Å². The van der Waals surface area contributed by atoms with Gasteiger partial charge in [-0.05, 0) is 25.6 Å². The topological polar surface area (TPSA) is 39.8 Å². The van der Waals surface area contributed by atoms with Crippen LogP contribution in [0.4, 0.5) is 0 Å². The molecular weight excluding hydrogens is 222 g/mol. The summed E-state index contributed by atoms with van der Waals surface area (Å²) >= 11 is 0. The second-order valence-corrected chi connectivity index (χ2v) is 5.51. The van der Waals surface area contributed by atoms with Gasteiger partial charge in [0.1, 0.15) is 0 Å². The maximum atomic E-state index is 3.48. The number of H-pyrrole nitrogens is 1. The summed E-state index contributed by atoms with van der Waals surface area (Å²) in [6, 6.07) is 8.53. The average Bonchev–Trinajstić information content (AvgIpc) is 2.65.